The monoisotopic (exact) mass is 320 g/mol. The molecule has 0 aromatic heterocycles. The van der Waals surface area contributed by atoms with Gasteiger partial charge in [-0.3, -0.25) is 0 Å². The topological polar surface area (TPSA) is 26.3 Å². The highest BCUT2D eigenvalue weighted by Gasteiger charge is 2.11. The van der Waals surface area contributed by atoms with Gasteiger partial charge in [-0.2, -0.15) is 0 Å². The highest BCUT2D eigenvalue weighted by atomic mass is 79.9. The number of carbonyl (C=O) groups is 1. The van der Waals surface area contributed by atoms with Crippen molar-refractivity contribution in [2.45, 2.75) is 13.8 Å². The Balaban J connectivity index is 3.09. The van der Waals surface area contributed by atoms with Crippen LogP contribution in [0, 0.1) is 6.92 Å². The zero-order chi connectivity index (χ0) is 10.7. The molecule has 0 aliphatic heterocycles. The van der Waals surface area contributed by atoms with Gasteiger partial charge >= 0.3 is 5.97 Å². The Morgan fingerprint density at radius 2 is 1.93 bits per heavy atom. The molecule has 0 saturated heterocycles. The number of esters is 1. The Hall–Kier alpha value is -0.350. The predicted molar refractivity (Wildman–Crippen MR) is 62.5 cm³/mol. The molecule has 14 heavy (non-hydrogen) atoms. The largest absolute Gasteiger partial charge is 0.462 e. The number of carbonyl (C=O) groups excluding carboxylic acids is 1. The minimum atomic E-state index is -0.279. The minimum Gasteiger partial charge on any atom is -0.462 e. The van der Waals surface area contributed by atoms with Crippen LogP contribution in [-0.4, -0.2) is 12.6 Å². The van der Waals surface area contributed by atoms with Gasteiger partial charge in [0.05, 0.1) is 12.2 Å². The van der Waals surface area contributed by atoms with Crippen LogP contribution in [0.15, 0.2) is 21.1 Å². The predicted octanol–water partition coefficient (Wildman–Crippen LogP) is 3.70. The fourth-order valence-corrected chi connectivity index (χ4v) is 1.88. The van der Waals surface area contributed by atoms with Gasteiger partial charge < -0.3 is 4.74 Å². The average molecular weight is 322 g/mol. The molecule has 0 aliphatic carbocycles. The van der Waals surface area contributed by atoms with Crippen molar-refractivity contribution in [3.05, 3.63) is 32.2 Å². The standard InChI is InChI=1S/C10H10Br2O2/c1-3-14-10(13)7-5-9(12)8(11)4-6(7)2/h4-5H,3H2,1-2H3. The SMILES string of the molecule is CCOC(=O)c1cc(Br)c(Br)cc1C. The minimum absolute atomic E-state index is 0.279. The fourth-order valence-electron chi connectivity index (χ4n) is 1.08. The van der Waals surface area contributed by atoms with Crippen molar-refractivity contribution in [2.24, 2.45) is 0 Å². The van der Waals surface area contributed by atoms with Crippen LogP contribution in [0.1, 0.15) is 22.8 Å². The summed E-state index contributed by atoms with van der Waals surface area (Å²) in [6.07, 6.45) is 0. The summed E-state index contributed by atoms with van der Waals surface area (Å²) < 4.78 is 6.71. The molecule has 76 valence electrons. The number of rotatable bonds is 2. The second kappa shape index (κ2) is 4.94. The molecule has 1 aromatic rings. The van der Waals surface area contributed by atoms with Crippen molar-refractivity contribution < 1.29 is 9.53 Å². The second-order valence-electron chi connectivity index (χ2n) is 2.80. The molecule has 0 aliphatic rings. The summed E-state index contributed by atoms with van der Waals surface area (Å²) in [6, 6.07) is 3.65. The summed E-state index contributed by atoms with van der Waals surface area (Å²) in [5.74, 6) is -0.279. The zero-order valence-electron chi connectivity index (χ0n) is 7.93. The summed E-state index contributed by atoms with van der Waals surface area (Å²) >= 11 is 6.71. The van der Waals surface area contributed by atoms with Crippen LogP contribution in [0.2, 0.25) is 0 Å². The maximum absolute atomic E-state index is 11.5. The van der Waals surface area contributed by atoms with Crippen molar-refractivity contribution in [3.63, 3.8) is 0 Å². The molecule has 0 atom stereocenters. The summed E-state index contributed by atoms with van der Waals surface area (Å²) in [4.78, 5) is 11.5. The first-order valence-corrected chi connectivity index (χ1v) is 5.77. The maximum Gasteiger partial charge on any atom is 0.338 e. The van der Waals surface area contributed by atoms with Crippen LogP contribution in [-0.2, 0) is 4.74 Å². The van der Waals surface area contributed by atoms with Crippen molar-refractivity contribution in [3.8, 4) is 0 Å². The molecule has 2 nitrogen and oxygen atoms in total. The van der Waals surface area contributed by atoms with E-state index < -0.39 is 0 Å². The van der Waals surface area contributed by atoms with Gasteiger partial charge in [-0.05, 0) is 63.4 Å². The highest BCUT2D eigenvalue weighted by molar-refractivity contribution is 9.13. The number of benzene rings is 1. The Labute approximate surface area is 99.9 Å². The summed E-state index contributed by atoms with van der Waals surface area (Å²) in [5.41, 5.74) is 1.50. The lowest BCUT2D eigenvalue weighted by Gasteiger charge is -2.06. The fraction of sp³-hybridized carbons (Fsp3) is 0.300. The van der Waals surface area contributed by atoms with E-state index in [0.717, 1.165) is 14.5 Å². The third-order valence-electron chi connectivity index (χ3n) is 1.76. The van der Waals surface area contributed by atoms with Gasteiger partial charge in [-0.1, -0.05) is 0 Å². The third-order valence-corrected chi connectivity index (χ3v) is 3.61. The van der Waals surface area contributed by atoms with E-state index in [1.807, 2.05) is 13.0 Å². The van der Waals surface area contributed by atoms with Crippen molar-refractivity contribution in [1.29, 1.82) is 0 Å². The Morgan fingerprint density at radius 3 is 2.50 bits per heavy atom. The molecule has 0 amide bonds. The second-order valence-corrected chi connectivity index (χ2v) is 4.51. The Bertz CT molecular complexity index is 361. The van der Waals surface area contributed by atoms with E-state index in [1.165, 1.54) is 0 Å². The van der Waals surface area contributed by atoms with Crippen LogP contribution < -0.4 is 0 Å². The first kappa shape index (κ1) is 11.7. The molecular weight excluding hydrogens is 312 g/mol. The Morgan fingerprint density at radius 1 is 1.36 bits per heavy atom. The van der Waals surface area contributed by atoms with Gasteiger partial charge in [-0.25, -0.2) is 4.79 Å². The molecule has 0 bridgehead atoms. The van der Waals surface area contributed by atoms with E-state index >= 15 is 0 Å². The lowest BCUT2D eigenvalue weighted by molar-refractivity contribution is 0.0525. The summed E-state index contributed by atoms with van der Waals surface area (Å²) in [7, 11) is 0. The van der Waals surface area contributed by atoms with Gasteiger partial charge in [0.2, 0.25) is 0 Å². The molecular formula is C10H10Br2O2. The molecule has 1 aromatic carbocycles. The number of ether oxygens (including phenoxy) is 1. The number of aryl methyl sites for hydroxylation is 1. The van der Waals surface area contributed by atoms with Gasteiger partial charge in [0.25, 0.3) is 0 Å². The van der Waals surface area contributed by atoms with E-state index in [2.05, 4.69) is 31.9 Å². The van der Waals surface area contributed by atoms with Crippen LogP contribution in [0.5, 0.6) is 0 Å². The van der Waals surface area contributed by atoms with Gasteiger partial charge in [0, 0.05) is 8.95 Å². The molecule has 0 fully saturated rings. The lowest BCUT2D eigenvalue weighted by Crippen LogP contribution is -2.06. The summed E-state index contributed by atoms with van der Waals surface area (Å²) in [5, 5.41) is 0. The quantitative estimate of drug-likeness (QED) is 0.776. The average Bonchev–Trinajstić information content (AvgIpc) is 2.11. The van der Waals surface area contributed by atoms with E-state index in [4.69, 9.17) is 4.74 Å². The molecule has 0 heterocycles. The van der Waals surface area contributed by atoms with Crippen molar-refractivity contribution in [2.75, 3.05) is 6.61 Å². The van der Waals surface area contributed by atoms with Gasteiger partial charge in [-0.15, -0.1) is 0 Å². The molecule has 4 heteroatoms. The van der Waals surface area contributed by atoms with Crippen molar-refractivity contribution in [1.82, 2.24) is 0 Å². The van der Waals surface area contributed by atoms with Crippen LogP contribution in [0.25, 0.3) is 0 Å². The van der Waals surface area contributed by atoms with Crippen LogP contribution in [0.4, 0.5) is 0 Å². The molecule has 0 unspecified atom stereocenters. The van der Waals surface area contributed by atoms with E-state index in [0.29, 0.717) is 12.2 Å². The zero-order valence-corrected chi connectivity index (χ0v) is 11.1. The van der Waals surface area contributed by atoms with E-state index in [9.17, 15) is 4.79 Å². The smallest absolute Gasteiger partial charge is 0.338 e. The molecule has 0 radical (unpaired) electrons. The normalized spacial score (nSPS) is 10.0. The maximum atomic E-state index is 11.5. The van der Waals surface area contributed by atoms with E-state index in [1.54, 1.807) is 13.0 Å². The third kappa shape index (κ3) is 2.58. The van der Waals surface area contributed by atoms with Crippen LogP contribution >= 0.6 is 31.9 Å². The first-order chi connectivity index (χ1) is 6.56. The molecule has 0 spiro atoms. The van der Waals surface area contributed by atoms with E-state index in [-0.39, 0.29) is 5.97 Å². The molecule has 1 rings (SSSR count). The lowest BCUT2D eigenvalue weighted by atomic mass is 10.1. The molecule has 0 saturated carbocycles. The van der Waals surface area contributed by atoms with Crippen LogP contribution in [0.3, 0.4) is 0 Å². The number of hydrogen-bond donors (Lipinski definition) is 0. The first-order valence-electron chi connectivity index (χ1n) is 4.19. The number of halogens is 2. The highest BCUT2D eigenvalue weighted by Crippen LogP contribution is 2.26. The Kier molecular flexibility index (Phi) is 4.13. The summed E-state index contributed by atoms with van der Waals surface area (Å²) in [6.45, 7) is 4.07. The van der Waals surface area contributed by atoms with Gasteiger partial charge in [0.15, 0.2) is 0 Å². The molecule has 0 N–H and O–H groups in total. The van der Waals surface area contributed by atoms with Crippen molar-refractivity contribution >= 4 is 37.8 Å². The number of hydrogen-bond acceptors (Lipinski definition) is 2. The van der Waals surface area contributed by atoms with Gasteiger partial charge in [0.1, 0.15) is 0 Å².